The molecule has 158 valence electrons. The summed E-state index contributed by atoms with van der Waals surface area (Å²) in [5, 5.41) is 0. The van der Waals surface area contributed by atoms with Crippen LogP contribution >= 0.6 is 22.9 Å². The zero-order chi connectivity index (χ0) is 20.9. The zero-order valence-corrected chi connectivity index (χ0v) is 19.8. The highest BCUT2D eigenvalue weighted by Crippen LogP contribution is 2.54. The van der Waals surface area contributed by atoms with Gasteiger partial charge in [0.25, 0.3) is 0 Å². The fourth-order valence-corrected chi connectivity index (χ4v) is 6.15. The molecule has 1 aliphatic carbocycles. The smallest absolute Gasteiger partial charge is 0.410 e. The standard InChI is InChI=1S/C19H30ClN3O3S2/c1-17(2,3)26-16(24)23-9-7-19(8-10-23)11-12-13(27-15(20)21-12)14(19)22-28(25)18(4,5)6/h14,22H,7-11H2,1-6H3/t14-,28?/m0/s1. The molecule has 1 aromatic heterocycles. The summed E-state index contributed by atoms with van der Waals surface area (Å²) in [7, 11) is 0. The average molecular weight is 448 g/mol. The molecule has 1 fully saturated rings. The summed E-state index contributed by atoms with van der Waals surface area (Å²) in [6.45, 7) is 12.8. The van der Waals surface area contributed by atoms with Gasteiger partial charge in [0.05, 0.1) is 16.6 Å². The molecular weight excluding hydrogens is 418 g/mol. The first-order valence-corrected chi connectivity index (χ1v) is 12.0. The molecule has 1 N–H and O–H groups in total. The lowest BCUT2D eigenvalue weighted by Gasteiger charge is -2.43. The van der Waals surface area contributed by atoms with E-state index >= 15 is 0 Å². The largest absolute Gasteiger partial charge is 0.598 e. The quantitative estimate of drug-likeness (QED) is 0.677. The molecule has 1 amide bonds. The first-order valence-electron chi connectivity index (χ1n) is 9.62. The van der Waals surface area contributed by atoms with Crippen molar-refractivity contribution in [2.45, 2.75) is 77.2 Å². The molecule has 0 bridgehead atoms. The minimum absolute atomic E-state index is 0.0617. The van der Waals surface area contributed by atoms with Gasteiger partial charge in [-0.15, -0.1) is 16.1 Å². The zero-order valence-electron chi connectivity index (χ0n) is 17.4. The van der Waals surface area contributed by atoms with E-state index in [1.54, 1.807) is 4.90 Å². The summed E-state index contributed by atoms with van der Waals surface area (Å²) >= 11 is 6.43. The molecule has 1 unspecified atom stereocenters. The fourth-order valence-electron chi connectivity index (χ4n) is 3.79. The van der Waals surface area contributed by atoms with Crippen molar-refractivity contribution in [3.63, 3.8) is 0 Å². The summed E-state index contributed by atoms with van der Waals surface area (Å²) in [5.74, 6) is 0. The minimum Gasteiger partial charge on any atom is -0.598 e. The highest BCUT2D eigenvalue weighted by molar-refractivity contribution is 7.90. The summed E-state index contributed by atoms with van der Waals surface area (Å²) in [5.41, 5.74) is 0.403. The summed E-state index contributed by atoms with van der Waals surface area (Å²) in [6.07, 6.45) is 2.16. The highest BCUT2D eigenvalue weighted by atomic mass is 35.5. The van der Waals surface area contributed by atoms with E-state index in [-0.39, 0.29) is 22.3 Å². The number of carbonyl (C=O) groups is 1. The van der Waals surface area contributed by atoms with Crippen molar-refractivity contribution in [1.82, 2.24) is 14.6 Å². The summed E-state index contributed by atoms with van der Waals surface area (Å²) in [6, 6.07) is -0.0617. The maximum Gasteiger partial charge on any atom is 0.410 e. The van der Waals surface area contributed by atoms with Crippen molar-refractivity contribution in [2.75, 3.05) is 13.1 Å². The molecule has 2 atom stereocenters. The van der Waals surface area contributed by atoms with Gasteiger partial charge < -0.3 is 14.2 Å². The van der Waals surface area contributed by atoms with Crippen molar-refractivity contribution < 1.29 is 14.1 Å². The minimum atomic E-state index is -1.20. The normalized spacial score (nSPS) is 23.0. The van der Waals surface area contributed by atoms with Gasteiger partial charge in [-0.3, -0.25) is 0 Å². The number of carbonyl (C=O) groups excluding carboxylic acids is 1. The maximum absolute atomic E-state index is 12.9. The summed E-state index contributed by atoms with van der Waals surface area (Å²) < 4.78 is 21.9. The predicted octanol–water partition coefficient (Wildman–Crippen LogP) is 4.46. The number of hydrogen-bond acceptors (Lipinski definition) is 6. The number of halogens is 1. The van der Waals surface area contributed by atoms with Crippen LogP contribution in [0.25, 0.3) is 0 Å². The van der Waals surface area contributed by atoms with Gasteiger partial charge in [0.1, 0.15) is 10.3 Å². The van der Waals surface area contributed by atoms with Crippen molar-refractivity contribution in [1.29, 1.82) is 0 Å². The van der Waals surface area contributed by atoms with E-state index < -0.39 is 17.0 Å². The van der Waals surface area contributed by atoms with E-state index in [0.717, 1.165) is 29.8 Å². The van der Waals surface area contributed by atoms with Gasteiger partial charge in [0.2, 0.25) is 0 Å². The molecule has 28 heavy (non-hydrogen) atoms. The molecule has 0 saturated carbocycles. The van der Waals surface area contributed by atoms with Crippen LogP contribution in [0.2, 0.25) is 4.47 Å². The SMILES string of the molecule is CC(C)(C)OC(=O)N1CCC2(CC1)Cc1nc(Cl)sc1[C@@H]2N[S+]([O-])C(C)(C)C. The van der Waals surface area contributed by atoms with E-state index in [1.165, 1.54) is 11.3 Å². The Morgan fingerprint density at radius 3 is 2.46 bits per heavy atom. The van der Waals surface area contributed by atoms with Crippen LogP contribution in [-0.4, -0.2) is 44.0 Å². The number of hydrogen-bond donors (Lipinski definition) is 1. The fraction of sp³-hybridized carbons (Fsp3) is 0.789. The Morgan fingerprint density at radius 1 is 1.32 bits per heavy atom. The Bertz CT molecular complexity index is 734. The highest BCUT2D eigenvalue weighted by Gasteiger charge is 2.53. The number of ether oxygens (including phenoxy) is 1. The van der Waals surface area contributed by atoms with E-state index in [0.29, 0.717) is 17.6 Å². The van der Waals surface area contributed by atoms with Crippen molar-refractivity contribution >= 4 is 40.4 Å². The first kappa shape index (κ1) is 22.2. The molecule has 1 aliphatic heterocycles. The number of thiazole rings is 1. The van der Waals surface area contributed by atoms with Gasteiger partial charge in [-0.2, -0.15) is 0 Å². The Kier molecular flexibility index (Phi) is 6.02. The number of aromatic nitrogens is 1. The van der Waals surface area contributed by atoms with Crippen LogP contribution < -0.4 is 4.72 Å². The molecule has 0 radical (unpaired) electrons. The molecule has 1 saturated heterocycles. The topological polar surface area (TPSA) is 77.5 Å². The molecule has 9 heteroatoms. The predicted molar refractivity (Wildman–Crippen MR) is 114 cm³/mol. The van der Waals surface area contributed by atoms with Crippen LogP contribution in [-0.2, 0) is 22.5 Å². The number of nitrogens with zero attached hydrogens (tertiary/aromatic N) is 2. The Balaban J connectivity index is 1.77. The molecular formula is C19H30ClN3O3S2. The average Bonchev–Trinajstić information content (AvgIpc) is 3.00. The van der Waals surface area contributed by atoms with E-state index in [4.69, 9.17) is 16.3 Å². The lowest BCUT2D eigenvalue weighted by Crippen LogP contribution is -2.51. The molecule has 1 aromatic rings. The van der Waals surface area contributed by atoms with Gasteiger partial charge >= 0.3 is 6.09 Å². The second kappa shape index (κ2) is 7.61. The molecule has 3 rings (SSSR count). The number of rotatable bonds is 2. The van der Waals surface area contributed by atoms with Crippen molar-refractivity contribution in [3.8, 4) is 0 Å². The third-order valence-corrected chi connectivity index (χ3v) is 8.12. The van der Waals surface area contributed by atoms with Gasteiger partial charge in [-0.1, -0.05) is 11.6 Å². The summed E-state index contributed by atoms with van der Waals surface area (Å²) in [4.78, 5) is 19.8. The molecule has 2 heterocycles. The first-order chi connectivity index (χ1) is 12.8. The number of piperidine rings is 1. The van der Waals surface area contributed by atoms with Crippen LogP contribution in [0.1, 0.15) is 71.0 Å². The molecule has 6 nitrogen and oxygen atoms in total. The second-order valence-corrected chi connectivity index (χ2v) is 13.3. The lowest BCUT2D eigenvalue weighted by atomic mass is 9.74. The number of likely N-dealkylation sites (tertiary alicyclic amines) is 1. The van der Waals surface area contributed by atoms with Gasteiger partial charge in [0, 0.05) is 29.9 Å². The maximum atomic E-state index is 12.9. The second-order valence-electron chi connectivity index (χ2n) is 9.72. The number of fused-ring (bicyclic) bond motifs is 1. The van der Waals surface area contributed by atoms with E-state index in [1.807, 2.05) is 41.5 Å². The number of amides is 1. The van der Waals surface area contributed by atoms with Gasteiger partial charge in [-0.05, 0) is 60.8 Å². The third kappa shape index (κ3) is 4.61. The Hall–Kier alpha value is -0.540. The van der Waals surface area contributed by atoms with Gasteiger partial charge in [-0.25, -0.2) is 9.78 Å². The third-order valence-electron chi connectivity index (χ3n) is 5.29. The van der Waals surface area contributed by atoms with Crippen LogP contribution in [0.15, 0.2) is 0 Å². The van der Waals surface area contributed by atoms with Crippen molar-refractivity contribution in [2.24, 2.45) is 5.41 Å². The Labute approximate surface area is 179 Å². The van der Waals surface area contributed by atoms with Crippen molar-refractivity contribution in [3.05, 3.63) is 15.0 Å². The number of nitrogens with one attached hydrogen (secondary N) is 1. The Morgan fingerprint density at radius 2 is 1.93 bits per heavy atom. The monoisotopic (exact) mass is 447 g/mol. The van der Waals surface area contributed by atoms with Crippen LogP contribution in [0.3, 0.4) is 0 Å². The van der Waals surface area contributed by atoms with Crippen LogP contribution in [0.4, 0.5) is 4.79 Å². The lowest BCUT2D eigenvalue weighted by molar-refractivity contribution is 0.00718. The van der Waals surface area contributed by atoms with E-state index in [2.05, 4.69) is 9.71 Å². The van der Waals surface area contributed by atoms with Crippen LogP contribution in [0.5, 0.6) is 0 Å². The molecule has 1 spiro atoms. The van der Waals surface area contributed by atoms with Gasteiger partial charge in [0.15, 0.2) is 4.47 Å². The van der Waals surface area contributed by atoms with E-state index in [9.17, 15) is 9.35 Å². The molecule has 2 aliphatic rings. The van der Waals surface area contributed by atoms with Crippen LogP contribution in [0, 0.1) is 5.41 Å². The molecule has 0 aromatic carbocycles.